The van der Waals surface area contributed by atoms with Crippen LogP contribution >= 0.6 is 0 Å². The maximum atomic E-state index is 12.0. The van der Waals surface area contributed by atoms with E-state index in [0.29, 0.717) is 5.92 Å². The number of benzene rings is 1. The number of hydrogen-bond acceptors (Lipinski definition) is 1. The van der Waals surface area contributed by atoms with Gasteiger partial charge in [0.2, 0.25) is 0 Å². The maximum absolute atomic E-state index is 12.0. The predicted molar refractivity (Wildman–Crippen MR) is 70.5 cm³/mol. The minimum Gasteiger partial charge on any atom is -0.327 e. The van der Waals surface area contributed by atoms with Crippen LogP contribution in [0.4, 0.5) is 10.5 Å². The fourth-order valence-corrected chi connectivity index (χ4v) is 2.14. The van der Waals surface area contributed by atoms with Crippen molar-refractivity contribution in [3.63, 3.8) is 0 Å². The Hall–Kier alpha value is -1.51. The Balaban J connectivity index is 2.19. The van der Waals surface area contributed by atoms with E-state index in [1.165, 1.54) is 5.56 Å². The van der Waals surface area contributed by atoms with Crippen molar-refractivity contribution in [1.29, 1.82) is 0 Å². The third kappa shape index (κ3) is 2.43. The molecule has 1 aliphatic rings. The lowest BCUT2D eigenvalue weighted by Crippen LogP contribution is -2.47. The molecule has 0 bridgehead atoms. The van der Waals surface area contributed by atoms with Gasteiger partial charge in [-0.1, -0.05) is 26.0 Å². The first-order valence-corrected chi connectivity index (χ1v) is 6.22. The lowest BCUT2D eigenvalue weighted by Gasteiger charge is -2.33. The molecular weight excluding hydrogens is 212 g/mol. The largest absolute Gasteiger partial charge is 0.327 e. The Bertz CT molecular complexity index is 397. The Morgan fingerprint density at radius 3 is 2.35 bits per heavy atom. The zero-order valence-electron chi connectivity index (χ0n) is 10.8. The smallest absolute Gasteiger partial charge is 0.324 e. The van der Waals surface area contributed by atoms with Gasteiger partial charge in [-0.3, -0.25) is 4.90 Å². The lowest BCUT2D eigenvalue weighted by atomic mass is 10.0. The van der Waals surface area contributed by atoms with Gasteiger partial charge in [-0.2, -0.15) is 0 Å². The molecule has 1 aromatic carbocycles. The number of carbonyl (C=O) groups is 1. The summed E-state index contributed by atoms with van der Waals surface area (Å²) < 4.78 is 0. The quantitative estimate of drug-likeness (QED) is 0.768. The zero-order valence-corrected chi connectivity index (χ0v) is 10.8. The average molecular weight is 232 g/mol. The van der Waals surface area contributed by atoms with E-state index < -0.39 is 0 Å². The van der Waals surface area contributed by atoms with Crippen LogP contribution in [0.2, 0.25) is 0 Å². The zero-order chi connectivity index (χ0) is 12.4. The molecular formula is C14H20N2O. The molecule has 92 valence electrons. The second-order valence-electron chi connectivity index (χ2n) is 4.96. The number of nitrogens with zero attached hydrogens (tertiary/aromatic N) is 2. The molecule has 2 rings (SSSR count). The number of anilines is 1. The minimum atomic E-state index is 0.105. The number of amides is 2. The van der Waals surface area contributed by atoms with Crippen LogP contribution in [0.25, 0.3) is 0 Å². The molecule has 1 aromatic rings. The standard InChI is InChI=1S/C14H20N2O/c1-11(2)12-5-7-13(8-6-12)16-10-4-9-15(3)14(16)17/h5-8,11H,4,9-10H2,1-3H3. The van der Waals surface area contributed by atoms with Gasteiger partial charge in [0, 0.05) is 25.8 Å². The number of urea groups is 1. The summed E-state index contributed by atoms with van der Waals surface area (Å²) in [6, 6.07) is 8.43. The summed E-state index contributed by atoms with van der Waals surface area (Å²) in [4.78, 5) is 15.6. The summed E-state index contributed by atoms with van der Waals surface area (Å²) in [5.74, 6) is 0.531. The van der Waals surface area contributed by atoms with Crippen molar-refractivity contribution in [3.05, 3.63) is 29.8 Å². The van der Waals surface area contributed by atoms with Gasteiger partial charge >= 0.3 is 6.03 Å². The van der Waals surface area contributed by atoms with E-state index in [-0.39, 0.29) is 6.03 Å². The predicted octanol–water partition coefficient (Wildman–Crippen LogP) is 3.07. The molecule has 0 atom stereocenters. The van der Waals surface area contributed by atoms with Gasteiger partial charge in [0.15, 0.2) is 0 Å². The van der Waals surface area contributed by atoms with Gasteiger partial charge in [0.1, 0.15) is 0 Å². The fourth-order valence-electron chi connectivity index (χ4n) is 2.14. The van der Waals surface area contributed by atoms with Crippen LogP contribution in [-0.2, 0) is 0 Å². The van der Waals surface area contributed by atoms with Crippen molar-refractivity contribution in [1.82, 2.24) is 4.90 Å². The number of hydrogen-bond donors (Lipinski definition) is 0. The van der Waals surface area contributed by atoms with E-state index in [9.17, 15) is 4.79 Å². The molecule has 0 aliphatic carbocycles. The van der Waals surface area contributed by atoms with E-state index in [1.807, 2.05) is 24.1 Å². The molecule has 17 heavy (non-hydrogen) atoms. The Morgan fingerprint density at radius 1 is 1.12 bits per heavy atom. The van der Waals surface area contributed by atoms with Crippen LogP contribution in [0.3, 0.4) is 0 Å². The highest BCUT2D eigenvalue weighted by Crippen LogP contribution is 2.22. The van der Waals surface area contributed by atoms with Crippen molar-refractivity contribution in [3.8, 4) is 0 Å². The van der Waals surface area contributed by atoms with Gasteiger partial charge in [0.05, 0.1) is 0 Å². The highest BCUT2D eigenvalue weighted by atomic mass is 16.2. The van der Waals surface area contributed by atoms with Crippen molar-refractivity contribution in [2.45, 2.75) is 26.2 Å². The van der Waals surface area contributed by atoms with Crippen LogP contribution in [0.5, 0.6) is 0 Å². The SMILES string of the molecule is CC(C)c1ccc(N2CCCN(C)C2=O)cc1. The van der Waals surface area contributed by atoms with E-state index in [0.717, 1.165) is 25.2 Å². The van der Waals surface area contributed by atoms with Crippen LogP contribution in [0.1, 0.15) is 31.7 Å². The van der Waals surface area contributed by atoms with Crippen LogP contribution in [-0.4, -0.2) is 31.1 Å². The molecule has 0 spiro atoms. The van der Waals surface area contributed by atoms with E-state index in [4.69, 9.17) is 0 Å². The number of rotatable bonds is 2. The molecule has 3 nitrogen and oxygen atoms in total. The average Bonchev–Trinajstić information content (AvgIpc) is 2.33. The highest BCUT2D eigenvalue weighted by molar-refractivity contribution is 5.92. The Kier molecular flexibility index (Phi) is 3.36. The first-order chi connectivity index (χ1) is 8.09. The third-order valence-corrected chi connectivity index (χ3v) is 3.30. The molecule has 0 unspecified atom stereocenters. The van der Waals surface area contributed by atoms with E-state index >= 15 is 0 Å². The highest BCUT2D eigenvalue weighted by Gasteiger charge is 2.23. The first-order valence-electron chi connectivity index (χ1n) is 6.22. The molecule has 0 aromatic heterocycles. The molecule has 3 heteroatoms. The van der Waals surface area contributed by atoms with Crippen molar-refractivity contribution in [2.24, 2.45) is 0 Å². The maximum Gasteiger partial charge on any atom is 0.324 e. The van der Waals surface area contributed by atoms with Gasteiger partial charge in [-0.15, -0.1) is 0 Å². The summed E-state index contributed by atoms with van der Waals surface area (Å²) in [6.45, 7) is 6.03. The van der Waals surface area contributed by atoms with Gasteiger partial charge < -0.3 is 4.90 Å². The van der Waals surface area contributed by atoms with E-state index in [1.54, 1.807) is 4.90 Å². The normalized spacial score (nSPS) is 16.8. The molecule has 0 radical (unpaired) electrons. The summed E-state index contributed by atoms with van der Waals surface area (Å²) in [5.41, 5.74) is 2.32. The van der Waals surface area contributed by atoms with Gasteiger partial charge in [-0.05, 0) is 30.0 Å². The van der Waals surface area contributed by atoms with Crippen molar-refractivity contribution in [2.75, 3.05) is 25.0 Å². The second-order valence-corrected chi connectivity index (χ2v) is 4.96. The van der Waals surface area contributed by atoms with Gasteiger partial charge in [0.25, 0.3) is 0 Å². The summed E-state index contributed by atoms with van der Waals surface area (Å²) in [7, 11) is 1.86. The number of carbonyl (C=O) groups excluding carboxylic acids is 1. The molecule has 1 heterocycles. The molecule has 2 amide bonds. The third-order valence-electron chi connectivity index (χ3n) is 3.30. The van der Waals surface area contributed by atoms with Crippen molar-refractivity contribution >= 4 is 11.7 Å². The van der Waals surface area contributed by atoms with Crippen LogP contribution < -0.4 is 4.90 Å². The van der Waals surface area contributed by atoms with Crippen LogP contribution in [0.15, 0.2) is 24.3 Å². The molecule has 1 fully saturated rings. The molecule has 0 N–H and O–H groups in total. The van der Waals surface area contributed by atoms with Gasteiger partial charge in [-0.25, -0.2) is 4.79 Å². The monoisotopic (exact) mass is 232 g/mol. The molecule has 1 aliphatic heterocycles. The fraction of sp³-hybridized carbons (Fsp3) is 0.500. The summed E-state index contributed by atoms with van der Waals surface area (Å²) in [5, 5.41) is 0. The topological polar surface area (TPSA) is 23.6 Å². The Morgan fingerprint density at radius 2 is 1.76 bits per heavy atom. The molecule has 0 saturated carbocycles. The lowest BCUT2D eigenvalue weighted by molar-refractivity contribution is 0.207. The Labute approximate surface area is 103 Å². The minimum absolute atomic E-state index is 0.105. The second kappa shape index (κ2) is 4.78. The van der Waals surface area contributed by atoms with Crippen molar-refractivity contribution < 1.29 is 4.79 Å². The van der Waals surface area contributed by atoms with Crippen LogP contribution in [0, 0.1) is 0 Å². The molecule has 1 saturated heterocycles. The summed E-state index contributed by atoms with van der Waals surface area (Å²) in [6.07, 6.45) is 1.04. The first kappa shape index (κ1) is 12.0. The van der Waals surface area contributed by atoms with E-state index in [2.05, 4.69) is 26.0 Å². The summed E-state index contributed by atoms with van der Waals surface area (Å²) >= 11 is 0.